The summed E-state index contributed by atoms with van der Waals surface area (Å²) in [6.45, 7) is 4.59. The number of amides is 2. The predicted molar refractivity (Wildman–Crippen MR) is 95.8 cm³/mol. The van der Waals surface area contributed by atoms with Crippen LogP contribution in [0.15, 0.2) is 14.5 Å². The van der Waals surface area contributed by atoms with Crippen molar-refractivity contribution in [1.82, 2.24) is 10.2 Å². The van der Waals surface area contributed by atoms with Crippen LogP contribution in [0.4, 0.5) is 0 Å². The maximum Gasteiger partial charge on any atom is 0.247 e. The van der Waals surface area contributed by atoms with Gasteiger partial charge in [0.2, 0.25) is 21.8 Å². The lowest BCUT2D eigenvalue weighted by Crippen LogP contribution is -2.44. The molecule has 0 saturated heterocycles. The van der Waals surface area contributed by atoms with Crippen molar-refractivity contribution in [1.29, 1.82) is 0 Å². The number of hydrogen-bond acceptors (Lipinski definition) is 7. The number of sulfone groups is 1. The summed E-state index contributed by atoms with van der Waals surface area (Å²) < 4.78 is 48.2. The van der Waals surface area contributed by atoms with E-state index in [1.54, 1.807) is 6.92 Å². The van der Waals surface area contributed by atoms with E-state index in [1.165, 1.54) is 24.8 Å². The van der Waals surface area contributed by atoms with E-state index in [-0.39, 0.29) is 45.3 Å². The third-order valence-electron chi connectivity index (χ3n) is 4.21. The second-order valence-electron chi connectivity index (χ2n) is 6.05. The zero-order valence-electron chi connectivity index (χ0n) is 14.6. The van der Waals surface area contributed by atoms with Crippen molar-refractivity contribution in [3.8, 4) is 0 Å². The Bertz CT molecular complexity index is 935. The van der Waals surface area contributed by atoms with Gasteiger partial charge >= 0.3 is 0 Å². The van der Waals surface area contributed by atoms with E-state index < -0.39 is 31.2 Å². The van der Waals surface area contributed by atoms with E-state index in [4.69, 9.17) is 5.14 Å². The highest BCUT2D eigenvalue weighted by Gasteiger charge is 2.42. The highest BCUT2D eigenvalue weighted by molar-refractivity contribution is 7.95. The fourth-order valence-electron chi connectivity index (χ4n) is 2.88. The van der Waals surface area contributed by atoms with Gasteiger partial charge in [0.1, 0.15) is 8.42 Å². The van der Waals surface area contributed by atoms with Gasteiger partial charge in [-0.2, -0.15) is 0 Å². The molecule has 12 heteroatoms. The first kappa shape index (κ1) is 20.8. The molecule has 26 heavy (non-hydrogen) atoms. The minimum Gasteiger partial charge on any atom is -0.347 e. The lowest BCUT2D eigenvalue weighted by atomic mass is 10.0. The minimum absolute atomic E-state index is 0.0731. The zero-order valence-corrected chi connectivity index (χ0v) is 17.0. The van der Waals surface area contributed by atoms with Crippen LogP contribution in [0, 0.1) is 0 Å². The van der Waals surface area contributed by atoms with Gasteiger partial charge in [-0.1, -0.05) is 0 Å². The molecule has 0 saturated carbocycles. The number of rotatable bonds is 5. The van der Waals surface area contributed by atoms with Gasteiger partial charge in [0.05, 0.1) is 17.8 Å². The summed E-state index contributed by atoms with van der Waals surface area (Å²) in [6.07, 6.45) is 0.135. The number of nitrogens with two attached hydrogens (primary N) is 1. The van der Waals surface area contributed by atoms with Crippen LogP contribution >= 0.6 is 11.3 Å². The van der Waals surface area contributed by atoms with Crippen LogP contribution in [-0.4, -0.2) is 51.9 Å². The van der Waals surface area contributed by atoms with Gasteiger partial charge in [0, 0.05) is 19.0 Å². The van der Waals surface area contributed by atoms with Crippen molar-refractivity contribution in [3.63, 3.8) is 0 Å². The molecule has 0 radical (unpaired) electrons. The number of fused-ring (bicyclic) bond motifs is 1. The lowest BCUT2D eigenvalue weighted by Gasteiger charge is -2.36. The number of thiophene rings is 1. The number of nitrogens with zero attached hydrogens (tertiary/aromatic N) is 1. The van der Waals surface area contributed by atoms with Gasteiger partial charge in [-0.05, 0) is 26.3 Å². The summed E-state index contributed by atoms with van der Waals surface area (Å²) in [7, 11) is -7.76. The standard InChI is InChI=1S/C14H21N3O6S3/c1-4-17(12(19)7-16-9(3)18)11-5-8(2)25(20,21)14-10(11)6-13(24-14)26(15,22)23/h6,8,11H,4-5,7H2,1-3H3,(H,16,18)(H2,15,22,23)/t8-,11-/m0/s1. The number of primary sulfonamides is 1. The van der Waals surface area contributed by atoms with Gasteiger partial charge in [0.15, 0.2) is 9.84 Å². The molecule has 0 bridgehead atoms. The SMILES string of the molecule is CCN(C(=O)CNC(C)=O)[C@H]1C[C@H](C)S(=O)(=O)c2sc(S(N)(=O)=O)cc21. The summed E-state index contributed by atoms with van der Waals surface area (Å²) in [5.74, 6) is -0.741. The van der Waals surface area contributed by atoms with Crippen molar-refractivity contribution in [2.45, 2.75) is 46.9 Å². The Balaban J connectivity index is 2.52. The molecule has 146 valence electrons. The molecule has 1 aromatic heterocycles. The third-order valence-corrected chi connectivity index (χ3v) is 9.53. The molecule has 9 nitrogen and oxygen atoms in total. The van der Waals surface area contributed by atoms with Gasteiger partial charge in [0.25, 0.3) is 0 Å². The topological polar surface area (TPSA) is 144 Å². The fraction of sp³-hybridized carbons (Fsp3) is 0.571. The second kappa shape index (κ2) is 7.25. The quantitative estimate of drug-likeness (QED) is 0.681. The smallest absolute Gasteiger partial charge is 0.247 e. The first-order chi connectivity index (χ1) is 11.9. The number of sulfonamides is 1. The Kier molecular flexibility index (Phi) is 5.80. The maximum absolute atomic E-state index is 12.6. The summed E-state index contributed by atoms with van der Waals surface area (Å²) in [5.41, 5.74) is 0.259. The number of carbonyl (C=O) groups is 2. The molecular weight excluding hydrogens is 402 g/mol. The Morgan fingerprint density at radius 1 is 1.42 bits per heavy atom. The van der Waals surface area contributed by atoms with Crippen molar-refractivity contribution < 1.29 is 26.4 Å². The predicted octanol–water partition coefficient (Wildman–Crippen LogP) is -0.0129. The number of hydrogen-bond donors (Lipinski definition) is 2. The monoisotopic (exact) mass is 423 g/mol. The molecule has 0 unspecified atom stereocenters. The van der Waals surface area contributed by atoms with Gasteiger partial charge in [-0.25, -0.2) is 22.0 Å². The Hall–Kier alpha value is -1.50. The molecule has 0 spiro atoms. The van der Waals surface area contributed by atoms with Crippen LogP contribution < -0.4 is 10.5 Å². The van der Waals surface area contributed by atoms with Gasteiger partial charge < -0.3 is 10.2 Å². The van der Waals surface area contributed by atoms with Crippen molar-refractivity contribution in [2.24, 2.45) is 5.14 Å². The molecule has 0 fully saturated rings. The molecule has 2 rings (SSSR count). The van der Waals surface area contributed by atoms with Crippen LogP contribution in [0.3, 0.4) is 0 Å². The largest absolute Gasteiger partial charge is 0.347 e. The van der Waals surface area contributed by atoms with Crippen LogP contribution in [0.1, 0.15) is 38.8 Å². The summed E-state index contributed by atoms with van der Waals surface area (Å²) in [4.78, 5) is 25.0. The van der Waals surface area contributed by atoms with Crippen LogP contribution in [-0.2, 0) is 29.4 Å². The molecule has 1 aliphatic heterocycles. The highest BCUT2D eigenvalue weighted by atomic mass is 32.3. The van der Waals surface area contributed by atoms with E-state index in [1.807, 2.05) is 0 Å². The van der Waals surface area contributed by atoms with E-state index >= 15 is 0 Å². The molecule has 0 aliphatic carbocycles. The minimum atomic E-state index is -4.07. The van der Waals surface area contributed by atoms with E-state index in [0.717, 1.165) is 0 Å². The van der Waals surface area contributed by atoms with E-state index in [2.05, 4.69) is 5.32 Å². The zero-order chi connectivity index (χ0) is 19.9. The molecule has 1 aromatic rings. The maximum atomic E-state index is 12.6. The summed E-state index contributed by atoms with van der Waals surface area (Å²) in [6, 6.07) is 0.624. The third kappa shape index (κ3) is 3.92. The molecule has 0 aromatic carbocycles. The molecule has 2 atom stereocenters. The first-order valence-electron chi connectivity index (χ1n) is 7.83. The van der Waals surface area contributed by atoms with Crippen LogP contribution in [0.25, 0.3) is 0 Å². The first-order valence-corrected chi connectivity index (χ1v) is 11.7. The molecule has 2 heterocycles. The second-order valence-corrected chi connectivity index (χ2v) is 11.5. The Morgan fingerprint density at radius 3 is 2.54 bits per heavy atom. The summed E-state index contributed by atoms with van der Waals surface area (Å²) in [5, 5.41) is 6.78. The van der Waals surface area contributed by atoms with Crippen molar-refractivity contribution >= 4 is 43.0 Å². The van der Waals surface area contributed by atoms with Gasteiger partial charge in [-0.15, -0.1) is 11.3 Å². The van der Waals surface area contributed by atoms with E-state index in [9.17, 15) is 26.4 Å². The molecule has 2 amide bonds. The Labute approximate surface area is 156 Å². The molecule has 3 N–H and O–H groups in total. The van der Waals surface area contributed by atoms with Crippen molar-refractivity contribution in [3.05, 3.63) is 11.6 Å². The number of likely N-dealkylation sites (N-methyl/N-ethyl adjacent to an activating group) is 1. The van der Waals surface area contributed by atoms with Crippen molar-refractivity contribution in [2.75, 3.05) is 13.1 Å². The molecular formula is C14H21N3O6S3. The van der Waals surface area contributed by atoms with Gasteiger partial charge in [-0.3, -0.25) is 9.59 Å². The van der Waals surface area contributed by atoms with Crippen LogP contribution in [0.5, 0.6) is 0 Å². The van der Waals surface area contributed by atoms with Crippen LogP contribution in [0.2, 0.25) is 0 Å². The summed E-state index contributed by atoms with van der Waals surface area (Å²) >= 11 is 0.606. The lowest BCUT2D eigenvalue weighted by molar-refractivity contribution is -0.134. The fourth-order valence-corrected chi connectivity index (χ4v) is 7.28. The number of nitrogens with one attached hydrogen (secondary N) is 1. The normalized spacial score (nSPS) is 21.7. The highest BCUT2D eigenvalue weighted by Crippen LogP contribution is 2.44. The molecule has 1 aliphatic rings. The average Bonchev–Trinajstić information content (AvgIpc) is 2.97. The van der Waals surface area contributed by atoms with E-state index in [0.29, 0.717) is 11.3 Å². The Morgan fingerprint density at radius 2 is 2.04 bits per heavy atom. The number of carbonyl (C=O) groups excluding carboxylic acids is 2. The average molecular weight is 424 g/mol.